The Bertz CT molecular complexity index is 1450. The number of sulfonamides is 1. The van der Waals surface area contributed by atoms with Crippen molar-refractivity contribution in [2.75, 3.05) is 46.2 Å². The van der Waals surface area contributed by atoms with E-state index in [1.54, 1.807) is 24.3 Å². The van der Waals surface area contributed by atoms with Crippen molar-refractivity contribution in [1.82, 2.24) is 19.2 Å². The van der Waals surface area contributed by atoms with Crippen LogP contribution in [0.5, 0.6) is 0 Å². The second-order valence-corrected chi connectivity index (χ2v) is 12.5. The van der Waals surface area contributed by atoms with Crippen LogP contribution < -0.4 is 4.90 Å². The third-order valence-electron chi connectivity index (χ3n) is 6.96. The largest absolute Gasteiger partial charge is 0.416 e. The molecule has 1 fully saturated rings. The first-order valence-corrected chi connectivity index (χ1v) is 14.2. The van der Waals surface area contributed by atoms with Gasteiger partial charge in [0.2, 0.25) is 10.0 Å². The number of benzene rings is 2. The van der Waals surface area contributed by atoms with Gasteiger partial charge in [0, 0.05) is 58.0 Å². The molecule has 39 heavy (non-hydrogen) atoms. The number of hydrogen-bond acceptors (Lipinski definition) is 6. The molecule has 1 aliphatic rings. The minimum Gasteiger partial charge on any atom is -0.370 e. The Labute approximate surface area is 232 Å². The lowest BCUT2D eigenvalue weighted by atomic mass is 10.0. The molecule has 0 saturated carbocycles. The van der Waals surface area contributed by atoms with E-state index in [0.717, 1.165) is 10.7 Å². The fraction of sp³-hybridized carbons (Fsp3) is 0.407. The molecule has 0 N–H and O–H groups in total. The van der Waals surface area contributed by atoms with Gasteiger partial charge in [-0.3, -0.25) is 0 Å². The number of nitrogens with zero attached hydrogens (tertiary/aromatic N) is 5. The van der Waals surface area contributed by atoms with E-state index >= 15 is 0 Å². The molecule has 2 heterocycles. The van der Waals surface area contributed by atoms with Crippen LogP contribution in [0.3, 0.4) is 0 Å². The van der Waals surface area contributed by atoms with Gasteiger partial charge in [-0.15, -0.1) is 0 Å². The molecule has 12 heteroatoms. The number of halogens is 4. The van der Waals surface area contributed by atoms with Gasteiger partial charge in [-0.25, -0.2) is 22.7 Å². The molecule has 0 aliphatic carbocycles. The molecule has 0 spiro atoms. The van der Waals surface area contributed by atoms with Gasteiger partial charge in [0.25, 0.3) is 0 Å². The summed E-state index contributed by atoms with van der Waals surface area (Å²) in [5.41, 5.74) is 0.668. The summed E-state index contributed by atoms with van der Waals surface area (Å²) in [6.45, 7) is 1.35. The predicted octanol–water partition coefficient (Wildman–Crippen LogP) is 4.72. The van der Waals surface area contributed by atoms with Crippen molar-refractivity contribution >= 4 is 27.3 Å². The van der Waals surface area contributed by atoms with Crippen molar-refractivity contribution < 1.29 is 21.6 Å². The van der Waals surface area contributed by atoms with Gasteiger partial charge in [-0.2, -0.15) is 13.2 Å². The second kappa shape index (κ2) is 11.4. The molecule has 4 rings (SSSR count). The summed E-state index contributed by atoms with van der Waals surface area (Å²) in [7, 11) is 3.10. The third-order valence-corrected chi connectivity index (χ3v) is 9.19. The molecule has 0 unspecified atom stereocenters. The Morgan fingerprint density at radius 3 is 2.41 bits per heavy atom. The Morgan fingerprint density at radius 1 is 1.05 bits per heavy atom. The van der Waals surface area contributed by atoms with Crippen LogP contribution >= 0.6 is 11.6 Å². The zero-order valence-electron chi connectivity index (χ0n) is 22.2. The lowest BCUT2D eigenvalue weighted by Crippen LogP contribution is -2.31. The number of aromatic nitrogens is 2. The smallest absolute Gasteiger partial charge is 0.370 e. The fourth-order valence-corrected chi connectivity index (χ4v) is 5.95. The number of rotatable bonds is 8. The minimum absolute atomic E-state index is 0.0541. The molecule has 7 nitrogen and oxygen atoms in total. The highest BCUT2D eigenvalue weighted by Gasteiger charge is 2.35. The molecule has 1 aromatic heterocycles. The fourth-order valence-electron chi connectivity index (χ4n) is 4.68. The van der Waals surface area contributed by atoms with Gasteiger partial charge in [0.05, 0.1) is 21.2 Å². The first-order chi connectivity index (χ1) is 18.3. The van der Waals surface area contributed by atoms with Crippen molar-refractivity contribution in [2.24, 2.45) is 0 Å². The van der Waals surface area contributed by atoms with Crippen LogP contribution in [0.4, 0.5) is 18.9 Å². The maximum atomic E-state index is 14.1. The van der Waals surface area contributed by atoms with E-state index in [-0.39, 0.29) is 40.2 Å². The van der Waals surface area contributed by atoms with E-state index < -0.39 is 21.8 Å². The Kier molecular flexibility index (Phi) is 8.55. The summed E-state index contributed by atoms with van der Waals surface area (Å²) in [5, 5.41) is 0.201. The van der Waals surface area contributed by atoms with Gasteiger partial charge in [-0.1, -0.05) is 35.9 Å². The van der Waals surface area contributed by atoms with Gasteiger partial charge in [-0.05, 0) is 49.8 Å². The highest BCUT2D eigenvalue weighted by Crippen LogP contribution is 2.36. The number of alkyl halides is 3. The normalized spacial score (nSPS) is 16.5. The highest BCUT2D eigenvalue weighted by molar-refractivity contribution is 7.89. The number of anilines is 1. The van der Waals surface area contributed by atoms with E-state index in [0.29, 0.717) is 30.0 Å². The lowest BCUT2D eigenvalue weighted by Gasteiger charge is -2.23. The van der Waals surface area contributed by atoms with E-state index in [9.17, 15) is 21.6 Å². The zero-order chi connectivity index (χ0) is 28.5. The topological polar surface area (TPSA) is 69.6 Å². The molecule has 1 atom stereocenters. The van der Waals surface area contributed by atoms with E-state index in [2.05, 4.69) is 14.9 Å². The van der Waals surface area contributed by atoms with Crippen molar-refractivity contribution in [2.45, 2.75) is 36.4 Å². The standard InChI is InChI=1S/C27H31ClF3N5O2S/c1-34(2)21-11-12-36(17-21)20-10-9-18(22(15-20)27(29,30)31)14-26-32-16-23(28)24(33-26)13-19-7-5-6-8-25(19)39(37,38)35(3)4/h5-10,15-16,21H,11-14,17H2,1-4H3/t21-/m0/s1. The van der Waals surface area contributed by atoms with Crippen LogP contribution in [0.1, 0.15) is 34.6 Å². The van der Waals surface area contributed by atoms with E-state index in [4.69, 9.17) is 11.6 Å². The van der Waals surface area contributed by atoms with Crippen molar-refractivity contribution in [1.29, 1.82) is 0 Å². The summed E-state index contributed by atoms with van der Waals surface area (Å²) in [6, 6.07) is 11.2. The molecule has 1 saturated heterocycles. The SMILES string of the molecule is CN(C)[C@H]1CCN(c2ccc(Cc3ncc(Cl)c(Cc4ccccc4S(=O)(=O)N(C)C)n3)c(C(F)(F)F)c2)C1. The molecule has 0 bridgehead atoms. The van der Waals surface area contributed by atoms with Crippen LogP contribution in [-0.2, 0) is 29.0 Å². The monoisotopic (exact) mass is 581 g/mol. The molecule has 1 aliphatic heterocycles. The predicted molar refractivity (Wildman–Crippen MR) is 146 cm³/mol. The zero-order valence-corrected chi connectivity index (χ0v) is 23.8. The maximum absolute atomic E-state index is 14.1. The quantitative estimate of drug-likeness (QED) is 0.383. The summed E-state index contributed by atoms with van der Waals surface area (Å²) in [6.07, 6.45) is -2.41. The van der Waals surface area contributed by atoms with Crippen molar-refractivity contribution in [3.05, 3.63) is 81.9 Å². The molecular weight excluding hydrogens is 551 g/mol. The molecule has 210 valence electrons. The molecule has 0 radical (unpaired) electrons. The minimum atomic E-state index is -4.55. The van der Waals surface area contributed by atoms with Gasteiger partial charge < -0.3 is 9.80 Å². The summed E-state index contributed by atoms with van der Waals surface area (Å²) in [5.74, 6) is 0.162. The first-order valence-electron chi connectivity index (χ1n) is 12.4. The van der Waals surface area contributed by atoms with Crippen LogP contribution in [0, 0.1) is 0 Å². The molecule has 2 aromatic carbocycles. The van der Waals surface area contributed by atoms with E-state index in [1.165, 1.54) is 38.5 Å². The second-order valence-electron chi connectivity index (χ2n) is 10.0. The van der Waals surface area contributed by atoms with Crippen molar-refractivity contribution in [3.8, 4) is 0 Å². The molecular formula is C27H31ClF3N5O2S. The number of hydrogen-bond donors (Lipinski definition) is 0. The molecule has 0 amide bonds. The Balaban J connectivity index is 1.63. The Hall–Kier alpha value is -2.73. The van der Waals surface area contributed by atoms with Crippen LogP contribution in [0.25, 0.3) is 0 Å². The molecule has 3 aromatic rings. The van der Waals surface area contributed by atoms with Gasteiger partial charge in [0.1, 0.15) is 5.82 Å². The average molecular weight is 582 g/mol. The van der Waals surface area contributed by atoms with Crippen LogP contribution in [-0.4, -0.2) is 74.9 Å². The first kappa shape index (κ1) is 29.3. The average Bonchev–Trinajstić information content (AvgIpc) is 3.37. The summed E-state index contributed by atoms with van der Waals surface area (Å²) < 4.78 is 69.1. The summed E-state index contributed by atoms with van der Waals surface area (Å²) >= 11 is 6.34. The maximum Gasteiger partial charge on any atom is 0.416 e. The van der Waals surface area contributed by atoms with Crippen LogP contribution in [0.15, 0.2) is 53.6 Å². The van der Waals surface area contributed by atoms with Gasteiger partial charge >= 0.3 is 6.18 Å². The number of likely N-dealkylation sites (N-methyl/N-ethyl adjacent to an activating group) is 1. The van der Waals surface area contributed by atoms with Gasteiger partial charge in [0.15, 0.2) is 0 Å². The highest BCUT2D eigenvalue weighted by atomic mass is 35.5. The van der Waals surface area contributed by atoms with Crippen molar-refractivity contribution in [3.63, 3.8) is 0 Å². The lowest BCUT2D eigenvalue weighted by molar-refractivity contribution is -0.138. The summed E-state index contributed by atoms with van der Waals surface area (Å²) in [4.78, 5) is 12.8. The van der Waals surface area contributed by atoms with E-state index in [1.807, 2.05) is 19.0 Å². The third kappa shape index (κ3) is 6.54. The Morgan fingerprint density at radius 2 is 1.77 bits per heavy atom. The van der Waals surface area contributed by atoms with Crippen LogP contribution in [0.2, 0.25) is 5.02 Å².